The summed E-state index contributed by atoms with van der Waals surface area (Å²) in [4.78, 5) is 25.4. The molecule has 6 nitrogen and oxygen atoms in total. The van der Waals surface area contributed by atoms with E-state index in [2.05, 4.69) is 0 Å². The lowest BCUT2D eigenvalue weighted by Gasteiger charge is -2.43. The van der Waals surface area contributed by atoms with E-state index in [1.807, 2.05) is 0 Å². The first-order valence-electron chi connectivity index (χ1n) is 9.08. The van der Waals surface area contributed by atoms with Gasteiger partial charge in [-0.25, -0.2) is 13.6 Å². The predicted octanol–water partition coefficient (Wildman–Crippen LogP) is 3.00. The fraction of sp³-hybridized carbons (Fsp3) is 0.400. The molecule has 1 aromatic carbocycles. The van der Waals surface area contributed by atoms with Crippen LogP contribution in [0.15, 0.2) is 34.7 Å². The molecular weight excluding hydrogens is 372 g/mol. The zero-order chi connectivity index (χ0) is 20.1. The first kappa shape index (κ1) is 18.6. The van der Waals surface area contributed by atoms with E-state index in [-0.39, 0.29) is 48.4 Å². The van der Waals surface area contributed by atoms with Crippen molar-refractivity contribution in [1.29, 1.82) is 0 Å². The number of fused-ring (bicyclic) bond motifs is 2. The lowest BCUT2D eigenvalue weighted by atomic mass is 9.81. The van der Waals surface area contributed by atoms with Gasteiger partial charge in [-0.1, -0.05) is 6.07 Å². The van der Waals surface area contributed by atoms with Crippen LogP contribution in [0.2, 0.25) is 0 Å². The third-order valence-electron chi connectivity index (χ3n) is 5.65. The number of carbonyl (C=O) groups is 2. The van der Waals surface area contributed by atoms with E-state index >= 15 is 0 Å². The van der Waals surface area contributed by atoms with Crippen molar-refractivity contribution in [3.05, 3.63) is 59.1 Å². The first-order valence-corrected chi connectivity index (χ1v) is 9.08. The van der Waals surface area contributed by atoms with E-state index in [0.717, 1.165) is 12.1 Å². The van der Waals surface area contributed by atoms with Crippen LogP contribution in [-0.4, -0.2) is 44.7 Å². The van der Waals surface area contributed by atoms with Gasteiger partial charge in [0.2, 0.25) is 5.76 Å². The van der Waals surface area contributed by atoms with Gasteiger partial charge in [0.1, 0.15) is 11.6 Å². The highest BCUT2D eigenvalue weighted by Crippen LogP contribution is 2.43. The maximum Gasteiger partial charge on any atom is 0.371 e. The van der Waals surface area contributed by atoms with E-state index < -0.39 is 29.1 Å². The molecule has 0 radical (unpaired) electrons. The maximum absolute atomic E-state index is 14.0. The van der Waals surface area contributed by atoms with E-state index in [0.29, 0.717) is 12.8 Å². The average molecular weight is 391 g/mol. The SMILES string of the molecule is O=C(O)c1ccc(C(=O)N2C3CCC2CC(O)(Cc2ccc(F)cc2F)C3)o1. The standard InChI is InChI=1S/C20H19F2NO5/c21-12-2-1-11(15(22)7-12)8-20(27)9-13-3-4-14(10-20)23(13)18(24)16-5-6-17(28-16)19(25)26/h1-2,5-7,13-14,27H,3-4,8-10H2,(H,25,26). The summed E-state index contributed by atoms with van der Waals surface area (Å²) in [5, 5.41) is 20.0. The fourth-order valence-corrected chi connectivity index (χ4v) is 4.51. The van der Waals surface area contributed by atoms with Crippen molar-refractivity contribution >= 4 is 11.9 Å². The summed E-state index contributed by atoms with van der Waals surface area (Å²) < 4.78 is 32.2. The molecule has 3 heterocycles. The highest BCUT2D eigenvalue weighted by atomic mass is 19.1. The van der Waals surface area contributed by atoms with Crippen LogP contribution in [0.1, 0.15) is 52.4 Å². The Labute approximate surface area is 159 Å². The molecule has 2 aromatic rings. The topological polar surface area (TPSA) is 91.0 Å². The second-order valence-corrected chi connectivity index (χ2v) is 7.61. The van der Waals surface area contributed by atoms with E-state index in [1.54, 1.807) is 4.90 Å². The quantitative estimate of drug-likeness (QED) is 0.836. The molecule has 28 heavy (non-hydrogen) atoms. The number of carboxylic acids is 1. The van der Waals surface area contributed by atoms with Gasteiger partial charge < -0.3 is 19.5 Å². The molecule has 2 N–H and O–H groups in total. The lowest BCUT2D eigenvalue weighted by molar-refractivity contribution is -0.0438. The summed E-state index contributed by atoms with van der Waals surface area (Å²) in [7, 11) is 0. The highest BCUT2D eigenvalue weighted by molar-refractivity contribution is 5.94. The second kappa shape index (κ2) is 6.70. The molecule has 0 spiro atoms. The van der Waals surface area contributed by atoms with Crippen molar-refractivity contribution in [2.45, 2.75) is 49.8 Å². The fourth-order valence-electron chi connectivity index (χ4n) is 4.51. The Morgan fingerprint density at radius 1 is 1.11 bits per heavy atom. The molecule has 0 saturated carbocycles. The van der Waals surface area contributed by atoms with Crippen LogP contribution in [0.4, 0.5) is 8.78 Å². The normalized spacial score (nSPS) is 26.5. The van der Waals surface area contributed by atoms with Gasteiger partial charge in [0.15, 0.2) is 5.76 Å². The molecule has 2 aliphatic heterocycles. The molecule has 0 aliphatic carbocycles. The Hall–Kier alpha value is -2.74. The number of carboxylic acid groups (broad SMARTS) is 1. The molecule has 2 aliphatic rings. The zero-order valence-electron chi connectivity index (χ0n) is 14.9. The van der Waals surface area contributed by atoms with Crippen LogP contribution >= 0.6 is 0 Å². The number of hydrogen-bond donors (Lipinski definition) is 2. The number of amides is 1. The molecular formula is C20H19F2NO5. The number of aliphatic hydroxyl groups is 1. The average Bonchev–Trinajstić information content (AvgIpc) is 3.21. The van der Waals surface area contributed by atoms with Crippen molar-refractivity contribution in [3.8, 4) is 0 Å². The van der Waals surface area contributed by atoms with Crippen LogP contribution in [0, 0.1) is 11.6 Å². The minimum absolute atomic E-state index is 0.0397. The first-order chi connectivity index (χ1) is 13.3. The Balaban J connectivity index is 1.52. The molecule has 2 unspecified atom stereocenters. The van der Waals surface area contributed by atoms with Gasteiger partial charge in [0.25, 0.3) is 5.91 Å². The number of nitrogens with zero attached hydrogens (tertiary/aromatic N) is 1. The van der Waals surface area contributed by atoms with E-state index in [1.165, 1.54) is 18.2 Å². The summed E-state index contributed by atoms with van der Waals surface area (Å²) >= 11 is 0. The Kier molecular flexibility index (Phi) is 4.45. The molecule has 2 bridgehead atoms. The Morgan fingerprint density at radius 3 is 2.32 bits per heavy atom. The highest BCUT2D eigenvalue weighted by Gasteiger charge is 2.50. The molecule has 148 valence electrons. The smallest absolute Gasteiger partial charge is 0.371 e. The van der Waals surface area contributed by atoms with Crippen LogP contribution in [0.25, 0.3) is 0 Å². The lowest BCUT2D eigenvalue weighted by Crippen LogP contribution is -2.54. The van der Waals surface area contributed by atoms with Crippen LogP contribution < -0.4 is 0 Å². The summed E-state index contributed by atoms with van der Waals surface area (Å²) in [6.45, 7) is 0. The molecule has 2 atom stereocenters. The molecule has 4 rings (SSSR count). The third-order valence-corrected chi connectivity index (χ3v) is 5.65. The monoisotopic (exact) mass is 391 g/mol. The van der Waals surface area contributed by atoms with Gasteiger partial charge in [-0.2, -0.15) is 0 Å². The largest absolute Gasteiger partial charge is 0.475 e. The van der Waals surface area contributed by atoms with Crippen molar-refractivity contribution in [2.24, 2.45) is 0 Å². The molecule has 2 saturated heterocycles. The van der Waals surface area contributed by atoms with Gasteiger partial charge in [0.05, 0.1) is 5.60 Å². The maximum atomic E-state index is 14.0. The predicted molar refractivity (Wildman–Crippen MR) is 92.9 cm³/mol. The number of halogens is 2. The van der Waals surface area contributed by atoms with Crippen LogP contribution in [0.5, 0.6) is 0 Å². The summed E-state index contributed by atoms with van der Waals surface area (Å²) in [6, 6.07) is 5.35. The number of furan rings is 1. The zero-order valence-corrected chi connectivity index (χ0v) is 14.9. The summed E-state index contributed by atoms with van der Waals surface area (Å²) in [6.07, 6.45) is 1.95. The minimum Gasteiger partial charge on any atom is -0.475 e. The van der Waals surface area contributed by atoms with Gasteiger partial charge in [0, 0.05) is 24.6 Å². The van der Waals surface area contributed by atoms with Gasteiger partial charge in [-0.15, -0.1) is 0 Å². The van der Waals surface area contributed by atoms with Gasteiger partial charge in [-0.3, -0.25) is 4.79 Å². The Morgan fingerprint density at radius 2 is 1.75 bits per heavy atom. The van der Waals surface area contributed by atoms with Gasteiger partial charge in [-0.05, 0) is 49.4 Å². The summed E-state index contributed by atoms with van der Waals surface area (Å²) in [5.74, 6) is -3.39. The minimum atomic E-state index is -1.25. The van der Waals surface area contributed by atoms with Crippen molar-refractivity contribution in [1.82, 2.24) is 4.90 Å². The van der Waals surface area contributed by atoms with E-state index in [4.69, 9.17) is 9.52 Å². The van der Waals surface area contributed by atoms with Gasteiger partial charge >= 0.3 is 5.97 Å². The molecule has 1 amide bonds. The van der Waals surface area contributed by atoms with Crippen molar-refractivity contribution in [2.75, 3.05) is 0 Å². The van der Waals surface area contributed by atoms with Crippen molar-refractivity contribution in [3.63, 3.8) is 0 Å². The van der Waals surface area contributed by atoms with Crippen LogP contribution in [0.3, 0.4) is 0 Å². The third kappa shape index (κ3) is 3.28. The molecule has 1 aromatic heterocycles. The van der Waals surface area contributed by atoms with Crippen LogP contribution in [-0.2, 0) is 6.42 Å². The number of hydrogen-bond acceptors (Lipinski definition) is 4. The summed E-state index contributed by atoms with van der Waals surface area (Å²) in [5.41, 5.74) is -0.961. The molecule has 8 heteroatoms. The Bertz CT molecular complexity index is 926. The number of carbonyl (C=O) groups excluding carboxylic acids is 1. The van der Waals surface area contributed by atoms with Crippen molar-refractivity contribution < 1.29 is 33.0 Å². The second-order valence-electron chi connectivity index (χ2n) is 7.61. The van der Waals surface area contributed by atoms with E-state index in [9.17, 15) is 23.5 Å². The number of aromatic carboxylic acids is 1. The number of rotatable bonds is 4. The molecule has 2 fully saturated rings. The number of benzene rings is 1. The number of piperidine rings is 1.